The first-order valence-electron chi connectivity index (χ1n) is 11.3. The lowest BCUT2D eigenvalue weighted by molar-refractivity contribution is 0.0663. The van der Waals surface area contributed by atoms with E-state index < -0.39 is 6.10 Å². The number of piperazine rings is 1. The van der Waals surface area contributed by atoms with Crippen molar-refractivity contribution in [3.63, 3.8) is 0 Å². The number of ketones is 1. The number of Topliss-reactive ketones (excluding diaryl/α,β-unsaturated/α-hetero) is 1. The number of nitrogens with zero attached hydrogens (tertiary/aromatic N) is 2. The van der Waals surface area contributed by atoms with Crippen molar-refractivity contribution < 1.29 is 19.4 Å². The second-order valence-corrected chi connectivity index (χ2v) is 8.24. The molecule has 6 heteroatoms. The largest absolute Gasteiger partial charge is 0.491 e. The molecule has 1 fully saturated rings. The number of carbonyl (C=O) groups is 1. The maximum absolute atomic E-state index is 11.4. The number of aliphatic hydroxyl groups excluding tert-OH is 1. The van der Waals surface area contributed by atoms with Crippen molar-refractivity contribution in [3.05, 3.63) is 84.4 Å². The van der Waals surface area contributed by atoms with Crippen LogP contribution in [0.25, 0.3) is 0 Å². The fraction of sp³-hybridized carbons (Fsp3) is 0.296. The van der Waals surface area contributed by atoms with Crippen LogP contribution in [-0.4, -0.2) is 61.2 Å². The summed E-state index contributed by atoms with van der Waals surface area (Å²) in [6.45, 7) is 5.91. The molecule has 3 aromatic carbocycles. The third kappa shape index (κ3) is 6.57. The number of ether oxygens (including phenoxy) is 2. The summed E-state index contributed by atoms with van der Waals surface area (Å²) in [4.78, 5) is 16.0. The van der Waals surface area contributed by atoms with Crippen LogP contribution in [0.3, 0.4) is 0 Å². The van der Waals surface area contributed by atoms with Gasteiger partial charge in [-0.2, -0.15) is 0 Å². The molecule has 0 aromatic heterocycles. The van der Waals surface area contributed by atoms with E-state index in [1.54, 1.807) is 6.92 Å². The van der Waals surface area contributed by atoms with Crippen molar-refractivity contribution in [2.24, 2.45) is 0 Å². The molecule has 0 spiro atoms. The van der Waals surface area contributed by atoms with E-state index >= 15 is 0 Å². The Morgan fingerprint density at radius 3 is 2.09 bits per heavy atom. The third-order valence-corrected chi connectivity index (χ3v) is 5.73. The predicted molar refractivity (Wildman–Crippen MR) is 130 cm³/mol. The van der Waals surface area contributed by atoms with Crippen molar-refractivity contribution in [3.8, 4) is 17.2 Å². The summed E-state index contributed by atoms with van der Waals surface area (Å²) in [6, 6.07) is 24.8. The molecule has 0 amide bonds. The number of aliphatic hydroxyl groups is 1. The van der Waals surface area contributed by atoms with Gasteiger partial charge in [-0.25, -0.2) is 0 Å². The van der Waals surface area contributed by atoms with Gasteiger partial charge in [0.1, 0.15) is 30.0 Å². The lowest BCUT2D eigenvalue weighted by atomic mass is 10.1. The molecular weight excluding hydrogens is 416 g/mol. The zero-order valence-electron chi connectivity index (χ0n) is 18.9. The molecule has 1 saturated heterocycles. The molecule has 6 nitrogen and oxygen atoms in total. The second-order valence-electron chi connectivity index (χ2n) is 8.24. The van der Waals surface area contributed by atoms with Crippen molar-refractivity contribution in [1.82, 2.24) is 4.90 Å². The number of hydrogen-bond donors (Lipinski definition) is 1. The number of hydrogen-bond acceptors (Lipinski definition) is 6. The highest BCUT2D eigenvalue weighted by molar-refractivity contribution is 5.94. The summed E-state index contributed by atoms with van der Waals surface area (Å²) in [5.41, 5.74) is 1.86. The molecule has 1 N–H and O–H groups in total. The first-order valence-corrected chi connectivity index (χ1v) is 11.3. The SMILES string of the molecule is CC(=O)c1ccc(N2CCN(C[C@@H](O)COc3ccc(Oc4ccccc4)cc3)CC2)cc1. The molecule has 1 atom stereocenters. The molecule has 0 saturated carbocycles. The zero-order valence-corrected chi connectivity index (χ0v) is 18.9. The Balaban J connectivity index is 1.18. The molecule has 0 radical (unpaired) electrons. The highest BCUT2D eigenvalue weighted by Crippen LogP contribution is 2.23. The van der Waals surface area contributed by atoms with Gasteiger partial charge in [-0.05, 0) is 67.6 Å². The van der Waals surface area contributed by atoms with Gasteiger partial charge in [-0.15, -0.1) is 0 Å². The van der Waals surface area contributed by atoms with E-state index in [-0.39, 0.29) is 12.4 Å². The highest BCUT2D eigenvalue weighted by atomic mass is 16.5. The monoisotopic (exact) mass is 446 g/mol. The maximum Gasteiger partial charge on any atom is 0.159 e. The van der Waals surface area contributed by atoms with Crippen molar-refractivity contribution in [1.29, 1.82) is 0 Å². The van der Waals surface area contributed by atoms with Crippen molar-refractivity contribution >= 4 is 11.5 Å². The van der Waals surface area contributed by atoms with Crippen molar-refractivity contribution in [2.45, 2.75) is 13.0 Å². The van der Waals surface area contributed by atoms with Gasteiger partial charge < -0.3 is 19.5 Å². The fourth-order valence-electron chi connectivity index (χ4n) is 3.87. The van der Waals surface area contributed by atoms with Crippen LogP contribution in [0.1, 0.15) is 17.3 Å². The van der Waals surface area contributed by atoms with Gasteiger partial charge in [-0.3, -0.25) is 9.69 Å². The first-order chi connectivity index (χ1) is 16.1. The van der Waals surface area contributed by atoms with Crippen LogP contribution in [0.5, 0.6) is 17.2 Å². The molecule has 0 unspecified atom stereocenters. The Morgan fingerprint density at radius 2 is 1.45 bits per heavy atom. The lowest BCUT2D eigenvalue weighted by Crippen LogP contribution is -2.49. The molecule has 172 valence electrons. The Morgan fingerprint density at radius 1 is 0.848 bits per heavy atom. The molecular formula is C27H30N2O4. The van der Waals surface area contributed by atoms with Gasteiger partial charge in [0, 0.05) is 44.0 Å². The highest BCUT2D eigenvalue weighted by Gasteiger charge is 2.20. The normalized spacial score (nSPS) is 15.2. The number of anilines is 1. The minimum atomic E-state index is -0.563. The van der Waals surface area contributed by atoms with Crippen molar-refractivity contribution in [2.75, 3.05) is 44.2 Å². The van der Waals surface area contributed by atoms with Gasteiger partial charge in [0.25, 0.3) is 0 Å². The summed E-state index contributed by atoms with van der Waals surface area (Å²) in [5.74, 6) is 2.31. The lowest BCUT2D eigenvalue weighted by Gasteiger charge is -2.36. The Bertz CT molecular complexity index is 1010. The maximum atomic E-state index is 11.4. The molecule has 1 aliphatic heterocycles. The minimum absolute atomic E-state index is 0.0824. The van der Waals surface area contributed by atoms with Gasteiger partial charge in [-0.1, -0.05) is 18.2 Å². The van der Waals surface area contributed by atoms with E-state index in [0.717, 1.165) is 48.9 Å². The number of benzene rings is 3. The van der Waals surface area contributed by atoms with Crippen LogP contribution < -0.4 is 14.4 Å². The van der Waals surface area contributed by atoms with Gasteiger partial charge in [0.05, 0.1) is 0 Å². The second kappa shape index (κ2) is 11.0. The molecule has 33 heavy (non-hydrogen) atoms. The average molecular weight is 447 g/mol. The summed E-state index contributed by atoms with van der Waals surface area (Å²) in [5, 5.41) is 10.4. The van der Waals surface area contributed by atoms with Crippen LogP contribution in [0.2, 0.25) is 0 Å². The molecule has 1 heterocycles. The van der Waals surface area contributed by atoms with Crippen LogP contribution in [0.4, 0.5) is 5.69 Å². The third-order valence-electron chi connectivity index (χ3n) is 5.73. The molecule has 4 rings (SSSR count). The van der Waals surface area contributed by atoms with E-state index in [1.165, 1.54) is 0 Å². The van der Waals surface area contributed by atoms with E-state index in [0.29, 0.717) is 12.3 Å². The number of para-hydroxylation sites is 1. The van der Waals surface area contributed by atoms with E-state index in [9.17, 15) is 9.90 Å². The molecule has 0 bridgehead atoms. The number of β-amino-alcohol motifs (C(OH)–C–C–N with tert-alkyl or cyclic N) is 1. The smallest absolute Gasteiger partial charge is 0.159 e. The Kier molecular flexibility index (Phi) is 7.60. The van der Waals surface area contributed by atoms with E-state index in [2.05, 4.69) is 9.80 Å². The quantitative estimate of drug-likeness (QED) is 0.496. The van der Waals surface area contributed by atoms with E-state index in [1.807, 2.05) is 78.9 Å². The van der Waals surface area contributed by atoms with Crippen LogP contribution in [0.15, 0.2) is 78.9 Å². The summed E-state index contributed by atoms with van der Waals surface area (Å²) in [7, 11) is 0. The average Bonchev–Trinajstić information content (AvgIpc) is 2.85. The summed E-state index contributed by atoms with van der Waals surface area (Å²) < 4.78 is 11.6. The summed E-state index contributed by atoms with van der Waals surface area (Å²) in [6.07, 6.45) is -0.563. The van der Waals surface area contributed by atoms with Crippen LogP contribution >= 0.6 is 0 Å². The molecule has 3 aromatic rings. The van der Waals surface area contributed by atoms with Gasteiger partial charge in [0.15, 0.2) is 5.78 Å². The Labute approximate surface area is 195 Å². The predicted octanol–water partition coefficient (Wildman–Crippen LogP) is 4.24. The number of rotatable bonds is 9. The van der Waals surface area contributed by atoms with Gasteiger partial charge in [0.2, 0.25) is 0 Å². The van der Waals surface area contributed by atoms with E-state index in [4.69, 9.17) is 9.47 Å². The fourth-order valence-corrected chi connectivity index (χ4v) is 3.87. The molecule has 1 aliphatic rings. The summed E-state index contributed by atoms with van der Waals surface area (Å²) >= 11 is 0. The van der Waals surface area contributed by atoms with Gasteiger partial charge >= 0.3 is 0 Å². The zero-order chi connectivity index (χ0) is 23.0. The standard InChI is InChI=1S/C27H30N2O4/c1-21(30)22-7-9-23(10-8-22)29-17-15-28(16-18-29)19-24(31)20-32-25-11-13-27(14-12-25)33-26-5-3-2-4-6-26/h2-14,24,31H,15-20H2,1H3/t24-/m1/s1. The van der Waals surface area contributed by atoms with Crippen LogP contribution in [-0.2, 0) is 0 Å². The number of carbonyl (C=O) groups excluding carboxylic acids is 1. The first kappa shape index (κ1) is 22.8. The minimum Gasteiger partial charge on any atom is -0.491 e. The Hall–Kier alpha value is -3.35. The molecule has 0 aliphatic carbocycles. The topological polar surface area (TPSA) is 62.2 Å². The van der Waals surface area contributed by atoms with Crippen LogP contribution in [0, 0.1) is 0 Å².